The second-order valence-electron chi connectivity index (χ2n) is 8.15. The maximum atomic E-state index is 12.7. The maximum Gasteiger partial charge on any atom is 0.252 e. The van der Waals surface area contributed by atoms with E-state index in [0.29, 0.717) is 18.7 Å². The molecule has 0 aliphatic heterocycles. The molecule has 0 radical (unpaired) electrons. The van der Waals surface area contributed by atoms with Gasteiger partial charge in [-0.05, 0) is 40.8 Å². The quantitative estimate of drug-likeness (QED) is 0.355. The lowest BCUT2D eigenvalue weighted by molar-refractivity contribution is 0.0944. The van der Waals surface area contributed by atoms with Gasteiger partial charge in [0.15, 0.2) is 0 Å². The van der Waals surface area contributed by atoms with E-state index >= 15 is 0 Å². The van der Waals surface area contributed by atoms with Crippen molar-refractivity contribution in [1.29, 1.82) is 0 Å². The Labute approximate surface area is 183 Å². The van der Waals surface area contributed by atoms with Crippen LogP contribution in [0, 0.1) is 0 Å². The molecule has 3 rings (SSSR count). The van der Waals surface area contributed by atoms with Crippen molar-refractivity contribution < 1.29 is 9.53 Å². The average molecular weight is 420 g/mol. The fourth-order valence-corrected chi connectivity index (χ4v) is 4.00. The molecule has 1 amide bonds. The highest BCUT2D eigenvalue weighted by molar-refractivity contribution is 7.98. The van der Waals surface area contributed by atoms with Gasteiger partial charge in [-0.2, -0.15) is 0 Å². The van der Waals surface area contributed by atoms with E-state index in [1.165, 1.54) is 11.1 Å². The zero-order valence-corrected chi connectivity index (χ0v) is 18.7. The number of carbonyl (C=O) groups excluding carboxylic acids is 1. The smallest absolute Gasteiger partial charge is 0.252 e. The van der Waals surface area contributed by atoms with E-state index in [4.69, 9.17) is 4.74 Å². The Kier molecular flexibility index (Phi) is 7.58. The first-order chi connectivity index (χ1) is 14.4. The molecule has 0 spiro atoms. The minimum atomic E-state index is -0.0714. The summed E-state index contributed by atoms with van der Waals surface area (Å²) in [6.07, 6.45) is 0. The first kappa shape index (κ1) is 22.0. The molecule has 0 atom stereocenters. The minimum absolute atomic E-state index is 0.0714. The molecular weight excluding hydrogens is 390 g/mol. The molecule has 3 nitrogen and oxygen atoms in total. The van der Waals surface area contributed by atoms with Gasteiger partial charge in [-0.1, -0.05) is 75.4 Å². The van der Waals surface area contributed by atoms with Gasteiger partial charge in [0.05, 0.1) is 12.1 Å². The van der Waals surface area contributed by atoms with Crippen LogP contribution in [0.3, 0.4) is 0 Å². The highest BCUT2D eigenvalue weighted by Crippen LogP contribution is 2.26. The van der Waals surface area contributed by atoms with Gasteiger partial charge in [-0.25, -0.2) is 0 Å². The number of hydrogen-bond acceptors (Lipinski definition) is 3. The molecule has 0 saturated heterocycles. The number of rotatable bonds is 8. The van der Waals surface area contributed by atoms with Crippen LogP contribution < -0.4 is 10.1 Å². The highest BCUT2D eigenvalue weighted by atomic mass is 32.2. The van der Waals surface area contributed by atoms with Crippen molar-refractivity contribution in [2.24, 2.45) is 0 Å². The molecule has 0 fully saturated rings. The highest BCUT2D eigenvalue weighted by Gasteiger charge is 2.13. The third kappa shape index (κ3) is 6.39. The molecular formula is C26H29NO2S. The standard InChI is InChI=1S/C26H29NO2S/c1-26(2,3)21-13-15-22(16-14-21)29-18-17-27-25(28)23-11-7-8-12-24(23)30-19-20-9-5-4-6-10-20/h4-16H,17-19H2,1-3H3,(H,27,28). The number of benzene rings is 3. The van der Waals surface area contributed by atoms with E-state index in [0.717, 1.165) is 16.4 Å². The first-order valence-corrected chi connectivity index (χ1v) is 11.2. The Balaban J connectivity index is 1.49. The number of carbonyl (C=O) groups is 1. The van der Waals surface area contributed by atoms with E-state index in [1.807, 2.05) is 54.6 Å². The van der Waals surface area contributed by atoms with Crippen molar-refractivity contribution in [1.82, 2.24) is 5.32 Å². The lowest BCUT2D eigenvalue weighted by Crippen LogP contribution is -2.28. The molecule has 0 aliphatic rings. The third-order valence-corrected chi connectivity index (χ3v) is 5.89. The van der Waals surface area contributed by atoms with E-state index in [1.54, 1.807) is 11.8 Å². The second kappa shape index (κ2) is 10.4. The topological polar surface area (TPSA) is 38.3 Å². The van der Waals surface area contributed by atoms with Crippen LogP contribution in [0.2, 0.25) is 0 Å². The van der Waals surface area contributed by atoms with Crippen LogP contribution in [0.15, 0.2) is 83.8 Å². The molecule has 156 valence electrons. The fraction of sp³-hybridized carbons (Fsp3) is 0.269. The Morgan fingerprint density at radius 2 is 1.57 bits per heavy atom. The van der Waals surface area contributed by atoms with Crippen molar-refractivity contribution in [2.45, 2.75) is 36.8 Å². The van der Waals surface area contributed by atoms with Crippen molar-refractivity contribution in [2.75, 3.05) is 13.2 Å². The number of amides is 1. The van der Waals surface area contributed by atoms with Crippen LogP contribution in [0.25, 0.3) is 0 Å². The van der Waals surface area contributed by atoms with Crippen LogP contribution in [-0.2, 0) is 11.2 Å². The van der Waals surface area contributed by atoms with E-state index < -0.39 is 0 Å². The van der Waals surface area contributed by atoms with Gasteiger partial charge in [-0.3, -0.25) is 4.79 Å². The molecule has 0 bridgehead atoms. The van der Waals surface area contributed by atoms with Gasteiger partial charge in [0, 0.05) is 10.6 Å². The number of thioether (sulfide) groups is 1. The lowest BCUT2D eigenvalue weighted by atomic mass is 9.87. The van der Waals surface area contributed by atoms with Gasteiger partial charge in [0.25, 0.3) is 5.91 Å². The van der Waals surface area contributed by atoms with E-state index in [2.05, 4.69) is 50.4 Å². The summed E-state index contributed by atoms with van der Waals surface area (Å²) in [5.41, 5.74) is 3.34. The summed E-state index contributed by atoms with van der Waals surface area (Å²) < 4.78 is 5.78. The molecule has 0 saturated carbocycles. The number of nitrogens with one attached hydrogen (secondary N) is 1. The maximum absolute atomic E-state index is 12.7. The summed E-state index contributed by atoms with van der Waals surface area (Å²) >= 11 is 1.68. The van der Waals surface area contributed by atoms with Gasteiger partial charge in [0.2, 0.25) is 0 Å². The Hall–Kier alpha value is -2.72. The molecule has 0 heterocycles. The summed E-state index contributed by atoms with van der Waals surface area (Å²) in [5, 5.41) is 2.97. The summed E-state index contributed by atoms with van der Waals surface area (Å²) in [6, 6.07) is 26.2. The van der Waals surface area contributed by atoms with Gasteiger partial charge in [0.1, 0.15) is 12.4 Å². The fourth-order valence-electron chi connectivity index (χ4n) is 3.00. The molecule has 0 unspecified atom stereocenters. The van der Waals surface area contributed by atoms with Crippen LogP contribution in [0.1, 0.15) is 42.3 Å². The minimum Gasteiger partial charge on any atom is -0.492 e. The third-order valence-electron chi connectivity index (χ3n) is 4.75. The van der Waals surface area contributed by atoms with Gasteiger partial charge >= 0.3 is 0 Å². The summed E-state index contributed by atoms with van der Waals surface area (Å²) in [6.45, 7) is 7.45. The van der Waals surface area contributed by atoms with Crippen molar-refractivity contribution in [3.05, 3.63) is 95.6 Å². The summed E-state index contributed by atoms with van der Waals surface area (Å²) in [5.74, 6) is 1.58. The monoisotopic (exact) mass is 419 g/mol. The van der Waals surface area contributed by atoms with Crippen molar-refractivity contribution in [3.8, 4) is 5.75 Å². The SMILES string of the molecule is CC(C)(C)c1ccc(OCCNC(=O)c2ccccc2SCc2ccccc2)cc1. The van der Waals surface area contributed by atoms with E-state index in [-0.39, 0.29) is 11.3 Å². The second-order valence-corrected chi connectivity index (χ2v) is 9.17. The molecule has 30 heavy (non-hydrogen) atoms. The van der Waals surface area contributed by atoms with Gasteiger partial charge in [-0.15, -0.1) is 11.8 Å². The molecule has 1 N–H and O–H groups in total. The summed E-state index contributed by atoms with van der Waals surface area (Å²) in [4.78, 5) is 13.6. The van der Waals surface area contributed by atoms with Crippen molar-refractivity contribution in [3.63, 3.8) is 0 Å². The van der Waals surface area contributed by atoms with Gasteiger partial charge < -0.3 is 10.1 Å². The zero-order chi connectivity index (χ0) is 21.4. The van der Waals surface area contributed by atoms with Crippen LogP contribution in [0.4, 0.5) is 0 Å². The number of hydrogen-bond donors (Lipinski definition) is 1. The summed E-state index contributed by atoms with van der Waals surface area (Å²) in [7, 11) is 0. The Morgan fingerprint density at radius 1 is 0.900 bits per heavy atom. The zero-order valence-electron chi connectivity index (χ0n) is 17.9. The molecule has 0 aliphatic carbocycles. The molecule has 3 aromatic carbocycles. The van der Waals surface area contributed by atoms with Crippen LogP contribution >= 0.6 is 11.8 Å². The number of ether oxygens (including phenoxy) is 1. The first-order valence-electron chi connectivity index (χ1n) is 10.2. The average Bonchev–Trinajstić information content (AvgIpc) is 2.76. The molecule has 4 heteroatoms. The van der Waals surface area contributed by atoms with Crippen LogP contribution in [0.5, 0.6) is 5.75 Å². The van der Waals surface area contributed by atoms with Crippen molar-refractivity contribution >= 4 is 17.7 Å². The largest absolute Gasteiger partial charge is 0.492 e. The lowest BCUT2D eigenvalue weighted by Gasteiger charge is -2.19. The Bertz CT molecular complexity index is 947. The van der Waals surface area contributed by atoms with Crippen LogP contribution in [-0.4, -0.2) is 19.1 Å². The normalized spacial score (nSPS) is 11.2. The predicted molar refractivity (Wildman–Crippen MR) is 125 cm³/mol. The molecule has 3 aromatic rings. The predicted octanol–water partition coefficient (Wildman–Crippen LogP) is 6.09. The van der Waals surface area contributed by atoms with E-state index in [9.17, 15) is 4.79 Å². The molecule has 0 aromatic heterocycles. The Morgan fingerprint density at radius 3 is 2.27 bits per heavy atom.